The molecule has 1 fully saturated rings. The molecule has 2 rings (SSSR count). The summed E-state index contributed by atoms with van der Waals surface area (Å²) in [6, 6.07) is 3.73. The maximum Gasteiger partial charge on any atom is 0.115 e. The molecule has 1 N–H and O–H groups in total. The molecule has 0 bridgehead atoms. The molecule has 1 heterocycles. The molecule has 2 unspecified atom stereocenters. The molecule has 2 nitrogen and oxygen atoms in total. The van der Waals surface area contributed by atoms with Gasteiger partial charge in [-0.25, -0.2) is 0 Å². The van der Waals surface area contributed by atoms with Crippen LogP contribution < -0.4 is 0 Å². The minimum Gasteiger partial charge on any atom is -0.385 e. The smallest absolute Gasteiger partial charge is 0.115 e. The van der Waals surface area contributed by atoms with Crippen molar-refractivity contribution in [3.63, 3.8) is 0 Å². The number of thiophene rings is 1. The summed E-state index contributed by atoms with van der Waals surface area (Å²) in [5.74, 6) is 0.477. The van der Waals surface area contributed by atoms with Crippen molar-refractivity contribution in [2.24, 2.45) is 5.92 Å². The minimum atomic E-state index is -0.541. The van der Waals surface area contributed by atoms with Gasteiger partial charge in [-0.1, -0.05) is 30.9 Å². The first kappa shape index (κ1) is 13.3. The van der Waals surface area contributed by atoms with Crippen LogP contribution in [-0.4, -0.2) is 18.3 Å². The van der Waals surface area contributed by atoms with Crippen molar-refractivity contribution in [3.05, 3.63) is 21.3 Å². The molecule has 0 radical (unpaired) electrons. The average Bonchev–Trinajstić information content (AvgIpc) is 2.78. The van der Waals surface area contributed by atoms with Gasteiger partial charge in [0.15, 0.2) is 0 Å². The largest absolute Gasteiger partial charge is 0.385 e. The minimum absolute atomic E-state index is 0.0926. The van der Waals surface area contributed by atoms with Crippen LogP contribution in [0.1, 0.15) is 43.1 Å². The fraction of sp³-hybridized carbons (Fsp3) is 0.692. The van der Waals surface area contributed by atoms with Gasteiger partial charge in [-0.3, -0.25) is 0 Å². The first-order valence-electron chi connectivity index (χ1n) is 6.18. The summed E-state index contributed by atoms with van der Waals surface area (Å²) in [5.41, 5.74) is 0. The summed E-state index contributed by atoms with van der Waals surface area (Å²) in [6.07, 6.45) is 5.51. The van der Waals surface area contributed by atoms with E-state index in [0.717, 1.165) is 22.1 Å². The maximum absolute atomic E-state index is 10.4. The molecular formula is C13H19ClO2S. The molecule has 1 aliphatic rings. The van der Waals surface area contributed by atoms with Crippen molar-refractivity contribution in [3.8, 4) is 0 Å². The van der Waals surface area contributed by atoms with Crippen LogP contribution in [-0.2, 0) is 4.74 Å². The Kier molecular flexibility index (Phi) is 4.86. The second kappa shape index (κ2) is 6.19. The van der Waals surface area contributed by atoms with Crippen molar-refractivity contribution < 1.29 is 9.84 Å². The van der Waals surface area contributed by atoms with Crippen LogP contribution in [0.4, 0.5) is 0 Å². The number of aliphatic hydroxyl groups is 1. The van der Waals surface area contributed by atoms with Crippen LogP contribution in [0.15, 0.2) is 12.1 Å². The molecule has 0 aromatic carbocycles. The van der Waals surface area contributed by atoms with Crippen molar-refractivity contribution in [2.45, 2.75) is 44.3 Å². The summed E-state index contributed by atoms with van der Waals surface area (Å²) in [7, 11) is 1.69. The van der Waals surface area contributed by atoms with E-state index < -0.39 is 6.10 Å². The lowest BCUT2D eigenvalue weighted by molar-refractivity contribution is -0.0544. The summed E-state index contributed by atoms with van der Waals surface area (Å²) in [5, 5.41) is 10.4. The highest BCUT2D eigenvalue weighted by Gasteiger charge is 2.31. The standard InChI is InChI=1S/C13H19ClO2S/c1-16-13(9-5-3-2-4-6-9)12(15)10-7-8-11(14)17-10/h7-9,12-13,15H,2-6H2,1H3. The van der Waals surface area contributed by atoms with Gasteiger partial charge in [0.05, 0.1) is 10.4 Å². The van der Waals surface area contributed by atoms with E-state index in [1.807, 2.05) is 12.1 Å². The van der Waals surface area contributed by atoms with Crippen molar-refractivity contribution in [1.29, 1.82) is 0 Å². The highest BCUT2D eigenvalue weighted by molar-refractivity contribution is 7.16. The zero-order chi connectivity index (χ0) is 12.3. The monoisotopic (exact) mass is 274 g/mol. The SMILES string of the molecule is COC(C1CCCCC1)C(O)c1ccc(Cl)s1. The molecular weight excluding hydrogens is 256 g/mol. The van der Waals surface area contributed by atoms with Gasteiger partial charge >= 0.3 is 0 Å². The second-order valence-electron chi connectivity index (χ2n) is 4.69. The lowest BCUT2D eigenvalue weighted by Gasteiger charge is -2.32. The van der Waals surface area contributed by atoms with E-state index in [1.165, 1.54) is 30.6 Å². The van der Waals surface area contributed by atoms with Crippen LogP contribution in [0, 0.1) is 5.92 Å². The van der Waals surface area contributed by atoms with E-state index in [0.29, 0.717) is 5.92 Å². The Morgan fingerprint density at radius 3 is 2.59 bits per heavy atom. The second-order valence-corrected chi connectivity index (χ2v) is 6.43. The number of ether oxygens (including phenoxy) is 1. The van der Waals surface area contributed by atoms with Gasteiger partial charge < -0.3 is 9.84 Å². The van der Waals surface area contributed by atoms with E-state index in [9.17, 15) is 5.11 Å². The van der Waals surface area contributed by atoms with Gasteiger partial charge in [0.1, 0.15) is 6.10 Å². The Balaban J connectivity index is 2.06. The van der Waals surface area contributed by atoms with Gasteiger partial charge in [-0.15, -0.1) is 11.3 Å². The first-order chi connectivity index (χ1) is 8.22. The van der Waals surface area contributed by atoms with E-state index in [4.69, 9.17) is 16.3 Å². The summed E-state index contributed by atoms with van der Waals surface area (Å²) in [4.78, 5) is 0.910. The quantitative estimate of drug-likeness (QED) is 0.898. The summed E-state index contributed by atoms with van der Waals surface area (Å²) in [6.45, 7) is 0. The zero-order valence-corrected chi connectivity index (χ0v) is 11.6. The molecule has 0 aliphatic heterocycles. The Morgan fingerprint density at radius 1 is 1.35 bits per heavy atom. The normalized spacial score (nSPS) is 21.4. The van der Waals surface area contributed by atoms with E-state index in [1.54, 1.807) is 7.11 Å². The molecule has 0 saturated heterocycles. The van der Waals surface area contributed by atoms with Gasteiger partial charge in [0, 0.05) is 12.0 Å². The Labute approximate surface area is 112 Å². The molecule has 2 atom stereocenters. The molecule has 1 aromatic rings. The number of methoxy groups -OCH3 is 1. The van der Waals surface area contributed by atoms with Gasteiger partial charge in [0.25, 0.3) is 0 Å². The summed E-state index contributed by atoms with van der Waals surface area (Å²) >= 11 is 7.34. The maximum atomic E-state index is 10.4. The van der Waals surface area contributed by atoms with Gasteiger partial charge in [0.2, 0.25) is 0 Å². The van der Waals surface area contributed by atoms with Crippen LogP contribution in [0.3, 0.4) is 0 Å². The Morgan fingerprint density at radius 2 is 2.06 bits per heavy atom. The Hall–Kier alpha value is -0.0900. The molecule has 0 spiro atoms. The van der Waals surface area contributed by atoms with Crippen LogP contribution >= 0.6 is 22.9 Å². The highest BCUT2D eigenvalue weighted by atomic mass is 35.5. The third-order valence-corrected chi connectivity index (χ3v) is 4.89. The number of halogens is 1. The predicted octanol–water partition coefficient (Wildman–Crippen LogP) is 4.03. The number of aliphatic hydroxyl groups excluding tert-OH is 1. The van der Waals surface area contributed by atoms with Crippen molar-refractivity contribution in [1.82, 2.24) is 0 Å². The van der Waals surface area contributed by atoms with Crippen molar-refractivity contribution >= 4 is 22.9 Å². The molecule has 0 amide bonds. The lowest BCUT2D eigenvalue weighted by atomic mass is 9.83. The average molecular weight is 275 g/mol. The Bertz CT molecular complexity index is 347. The molecule has 17 heavy (non-hydrogen) atoms. The zero-order valence-electron chi connectivity index (χ0n) is 10.1. The van der Waals surface area contributed by atoms with Crippen molar-refractivity contribution in [2.75, 3.05) is 7.11 Å². The van der Waals surface area contributed by atoms with Gasteiger partial charge in [-0.05, 0) is 30.9 Å². The van der Waals surface area contributed by atoms with E-state index in [-0.39, 0.29) is 6.10 Å². The molecule has 4 heteroatoms. The number of hydrogen-bond acceptors (Lipinski definition) is 3. The molecule has 1 aliphatic carbocycles. The van der Waals surface area contributed by atoms with E-state index >= 15 is 0 Å². The summed E-state index contributed by atoms with van der Waals surface area (Å²) < 4.78 is 6.25. The predicted molar refractivity (Wildman–Crippen MR) is 71.7 cm³/mol. The third kappa shape index (κ3) is 3.22. The molecule has 1 saturated carbocycles. The lowest BCUT2D eigenvalue weighted by Crippen LogP contribution is -2.30. The topological polar surface area (TPSA) is 29.5 Å². The van der Waals surface area contributed by atoms with Crippen LogP contribution in [0.5, 0.6) is 0 Å². The first-order valence-corrected chi connectivity index (χ1v) is 7.38. The van der Waals surface area contributed by atoms with E-state index in [2.05, 4.69) is 0 Å². The fourth-order valence-electron chi connectivity index (χ4n) is 2.69. The molecule has 1 aromatic heterocycles. The number of hydrogen-bond donors (Lipinski definition) is 1. The fourth-order valence-corrected chi connectivity index (χ4v) is 3.77. The van der Waals surface area contributed by atoms with Crippen LogP contribution in [0.2, 0.25) is 4.34 Å². The van der Waals surface area contributed by atoms with Gasteiger partial charge in [-0.2, -0.15) is 0 Å². The number of rotatable bonds is 4. The third-order valence-electron chi connectivity index (χ3n) is 3.58. The van der Waals surface area contributed by atoms with Crippen LogP contribution in [0.25, 0.3) is 0 Å². The molecule has 96 valence electrons. The highest BCUT2D eigenvalue weighted by Crippen LogP contribution is 2.36.